The average Bonchev–Trinajstić information content (AvgIpc) is 3.06. The number of hydrogen-bond acceptors (Lipinski definition) is 3. The molecule has 0 saturated carbocycles. The second-order valence-corrected chi connectivity index (χ2v) is 6.98. The first-order valence-corrected chi connectivity index (χ1v) is 8.92. The fraction of sp³-hybridized carbons (Fsp3) is 0.136. The van der Waals surface area contributed by atoms with Crippen molar-refractivity contribution in [3.05, 3.63) is 77.5 Å². The van der Waals surface area contributed by atoms with Crippen LogP contribution in [0.2, 0.25) is 0 Å². The molecule has 5 nitrogen and oxygen atoms in total. The van der Waals surface area contributed by atoms with Crippen LogP contribution in [-0.2, 0) is 11.2 Å². The summed E-state index contributed by atoms with van der Waals surface area (Å²) in [6.07, 6.45) is 0.400. The van der Waals surface area contributed by atoms with E-state index in [4.69, 9.17) is 0 Å². The lowest BCUT2D eigenvalue weighted by molar-refractivity contribution is -0.139. The highest BCUT2D eigenvalue weighted by Crippen LogP contribution is 2.41. The molecule has 0 radical (unpaired) electrons. The molecule has 3 aromatic carbocycles. The summed E-state index contributed by atoms with van der Waals surface area (Å²) < 4.78 is 0. The minimum absolute atomic E-state index is 0.154. The standard InChI is InChI=1S/C22H18N2O3/c25-18-10-9-12-5-1-2-6-13(12)19(18)21-20-15(11-17(24-21)22(26)27)14-7-3-4-8-16(14)23-20/h1-10,17,21,23-25H,11H2,(H,26,27). The smallest absolute Gasteiger partial charge is 0.321 e. The zero-order valence-corrected chi connectivity index (χ0v) is 14.4. The van der Waals surface area contributed by atoms with Gasteiger partial charge in [0, 0.05) is 28.6 Å². The van der Waals surface area contributed by atoms with Gasteiger partial charge in [-0.2, -0.15) is 0 Å². The molecule has 1 aromatic heterocycles. The average molecular weight is 358 g/mol. The van der Waals surface area contributed by atoms with Crippen LogP contribution in [0.3, 0.4) is 0 Å². The molecule has 134 valence electrons. The Morgan fingerprint density at radius 2 is 1.70 bits per heavy atom. The number of para-hydroxylation sites is 1. The number of carboxylic acid groups (broad SMARTS) is 1. The molecule has 2 unspecified atom stereocenters. The number of benzene rings is 3. The summed E-state index contributed by atoms with van der Waals surface area (Å²) in [4.78, 5) is 15.3. The summed E-state index contributed by atoms with van der Waals surface area (Å²) in [7, 11) is 0. The van der Waals surface area contributed by atoms with E-state index in [9.17, 15) is 15.0 Å². The van der Waals surface area contributed by atoms with Gasteiger partial charge in [0.2, 0.25) is 0 Å². The van der Waals surface area contributed by atoms with Crippen molar-refractivity contribution in [1.29, 1.82) is 0 Å². The predicted octanol–water partition coefficient (Wildman–Crippen LogP) is 3.72. The highest BCUT2D eigenvalue weighted by Gasteiger charge is 2.35. The molecule has 2 heterocycles. The number of carbonyl (C=O) groups is 1. The van der Waals surface area contributed by atoms with Crippen molar-refractivity contribution in [2.45, 2.75) is 18.5 Å². The maximum Gasteiger partial charge on any atom is 0.321 e. The van der Waals surface area contributed by atoms with Crippen LogP contribution in [0.1, 0.15) is 22.9 Å². The van der Waals surface area contributed by atoms with Gasteiger partial charge in [-0.25, -0.2) is 0 Å². The lowest BCUT2D eigenvalue weighted by Crippen LogP contribution is -2.45. The Morgan fingerprint density at radius 1 is 0.963 bits per heavy atom. The van der Waals surface area contributed by atoms with Gasteiger partial charge < -0.3 is 15.2 Å². The third-order valence-electron chi connectivity index (χ3n) is 5.45. The van der Waals surface area contributed by atoms with Gasteiger partial charge >= 0.3 is 5.97 Å². The van der Waals surface area contributed by atoms with Gasteiger partial charge in [-0.05, 0) is 28.5 Å². The van der Waals surface area contributed by atoms with Crippen LogP contribution in [0.4, 0.5) is 0 Å². The fourth-order valence-electron chi connectivity index (χ4n) is 4.21. The van der Waals surface area contributed by atoms with E-state index in [2.05, 4.69) is 10.3 Å². The quantitative estimate of drug-likeness (QED) is 0.440. The monoisotopic (exact) mass is 358 g/mol. The number of phenols is 1. The van der Waals surface area contributed by atoms with E-state index in [1.54, 1.807) is 6.07 Å². The first-order chi connectivity index (χ1) is 13.1. The number of carboxylic acids is 1. The number of rotatable bonds is 2. The molecular weight excluding hydrogens is 340 g/mol. The summed E-state index contributed by atoms with van der Waals surface area (Å²) in [5.74, 6) is -0.738. The molecule has 4 N–H and O–H groups in total. The first-order valence-electron chi connectivity index (χ1n) is 8.92. The topological polar surface area (TPSA) is 85.3 Å². The maximum absolute atomic E-state index is 11.8. The Balaban J connectivity index is 1.80. The van der Waals surface area contributed by atoms with Gasteiger partial charge in [0.1, 0.15) is 11.8 Å². The highest BCUT2D eigenvalue weighted by molar-refractivity contribution is 5.91. The zero-order chi connectivity index (χ0) is 18.5. The molecule has 4 aromatic rings. The SMILES string of the molecule is O=C(O)C1Cc2c([nH]c3ccccc23)C(c2c(O)ccc3ccccc23)N1. The molecule has 1 aliphatic heterocycles. The highest BCUT2D eigenvalue weighted by atomic mass is 16.4. The molecule has 0 amide bonds. The maximum atomic E-state index is 11.8. The molecule has 0 spiro atoms. The van der Waals surface area contributed by atoms with Gasteiger partial charge in [-0.1, -0.05) is 48.5 Å². The van der Waals surface area contributed by atoms with E-state index in [0.29, 0.717) is 12.0 Å². The normalized spacial score (nSPS) is 19.3. The molecule has 0 saturated heterocycles. The molecule has 0 fully saturated rings. The Bertz CT molecular complexity index is 1190. The summed E-state index contributed by atoms with van der Waals surface area (Å²) in [6.45, 7) is 0. The van der Waals surface area contributed by atoms with E-state index in [1.165, 1.54) is 0 Å². The Labute approximate surface area is 155 Å². The van der Waals surface area contributed by atoms with Crippen LogP contribution in [0.25, 0.3) is 21.7 Å². The van der Waals surface area contributed by atoms with Crippen molar-refractivity contribution >= 4 is 27.6 Å². The number of aliphatic carboxylic acids is 1. The first kappa shape index (κ1) is 15.9. The van der Waals surface area contributed by atoms with Gasteiger partial charge in [-0.15, -0.1) is 0 Å². The van der Waals surface area contributed by atoms with Crippen molar-refractivity contribution in [2.75, 3.05) is 0 Å². The fourth-order valence-corrected chi connectivity index (χ4v) is 4.21. The van der Waals surface area contributed by atoms with Crippen molar-refractivity contribution in [1.82, 2.24) is 10.3 Å². The van der Waals surface area contributed by atoms with E-state index in [1.807, 2.05) is 54.6 Å². The van der Waals surface area contributed by atoms with Crippen LogP contribution in [0, 0.1) is 0 Å². The largest absolute Gasteiger partial charge is 0.508 e. The van der Waals surface area contributed by atoms with E-state index in [-0.39, 0.29) is 5.75 Å². The summed E-state index contributed by atoms with van der Waals surface area (Å²) in [5.41, 5.74) is 3.58. The van der Waals surface area contributed by atoms with Gasteiger partial charge in [0.05, 0.1) is 6.04 Å². The third kappa shape index (κ3) is 2.39. The Morgan fingerprint density at radius 3 is 2.52 bits per heavy atom. The number of phenolic OH excluding ortho intramolecular Hbond substituents is 1. The van der Waals surface area contributed by atoms with Crippen LogP contribution < -0.4 is 5.32 Å². The molecule has 5 rings (SSSR count). The van der Waals surface area contributed by atoms with Crippen LogP contribution in [-0.4, -0.2) is 27.2 Å². The molecular formula is C22H18N2O3. The summed E-state index contributed by atoms with van der Waals surface area (Å²) >= 11 is 0. The number of H-pyrrole nitrogens is 1. The minimum atomic E-state index is -0.893. The lowest BCUT2D eigenvalue weighted by Gasteiger charge is -2.30. The zero-order valence-electron chi connectivity index (χ0n) is 14.4. The molecule has 1 aliphatic rings. The Kier molecular flexibility index (Phi) is 3.45. The number of aromatic hydroxyl groups is 1. The molecule has 0 aliphatic carbocycles. The van der Waals surface area contributed by atoms with Crippen LogP contribution in [0.15, 0.2) is 60.7 Å². The molecule has 27 heavy (non-hydrogen) atoms. The number of aromatic nitrogens is 1. The van der Waals surface area contributed by atoms with Gasteiger partial charge in [0.25, 0.3) is 0 Å². The molecule has 5 heteroatoms. The van der Waals surface area contributed by atoms with Crippen LogP contribution in [0.5, 0.6) is 5.75 Å². The molecule has 0 bridgehead atoms. The van der Waals surface area contributed by atoms with Crippen molar-refractivity contribution < 1.29 is 15.0 Å². The van der Waals surface area contributed by atoms with E-state index in [0.717, 1.165) is 32.9 Å². The van der Waals surface area contributed by atoms with Crippen molar-refractivity contribution in [3.63, 3.8) is 0 Å². The molecule has 2 atom stereocenters. The third-order valence-corrected chi connectivity index (χ3v) is 5.45. The number of fused-ring (bicyclic) bond motifs is 4. The van der Waals surface area contributed by atoms with E-state index >= 15 is 0 Å². The van der Waals surface area contributed by atoms with Gasteiger partial charge in [0.15, 0.2) is 0 Å². The van der Waals surface area contributed by atoms with Crippen LogP contribution >= 0.6 is 0 Å². The minimum Gasteiger partial charge on any atom is -0.508 e. The number of nitrogens with one attached hydrogen (secondary N) is 2. The van der Waals surface area contributed by atoms with Crippen molar-refractivity contribution in [3.8, 4) is 5.75 Å². The second kappa shape index (κ2) is 5.86. The summed E-state index contributed by atoms with van der Waals surface area (Å²) in [5, 5.41) is 26.5. The number of aromatic amines is 1. The lowest BCUT2D eigenvalue weighted by atomic mass is 9.87. The second-order valence-electron chi connectivity index (χ2n) is 6.98. The summed E-state index contributed by atoms with van der Waals surface area (Å²) in [6, 6.07) is 18.1. The van der Waals surface area contributed by atoms with Crippen molar-refractivity contribution in [2.24, 2.45) is 0 Å². The van der Waals surface area contributed by atoms with Gasteiger partial charge in [-0.3, -0.25) is 10.1 Å². The predicted molar refractivity (Wildman–Crippen MR) is 104 cm³/mol. The van der Waals surface area contributed by atoms with E-state index < -0.39 is 18.1 Å². The Hall–Kier alpha value is -3.31. The number of hydrogen-bond donors (Lipinski definition) is 4.